The molecule has 36 heavy (non-hydrogen) atoms. The number of allylic oxidation sites excluding steroid dienone is 2. The number of sulfonamides is 1. The second-order valence-corrected chi connectivity index (χ2v) is 12.3. The fourth-order valence-corrected chi connectivity index (χ4v) is 7.43. The fraction of sp³-hybridized carbons (Fsp3) is 0.433. The minimum Gasteiger partial charge on any atom is -0.481 e. The molecule has 2 bridgehead atoms. The van der Waals surface area contributed by atoms with Crippen LogP contribution in [0, 0.1) is 23.2 Å². The first kappa shape index (κ1) is 26.4. The van der Waals surface area contributed by atoms with Crippen molar-refractivity contribution in [2.24, 2.45) is 23.2 Å². The van der Waals surface area contributed by atoms with Gasteiger partial charge in [-0.25, -0.2) is 13.1 Å². The molecule has 0 aliphatic heterocycles. The highest BCUT2D eigenvalue weighted by Gasteiger charge is 2.57. The summed E-state index contributed by atoms with van der Waals surface area (Å²) < 4.78 is 30.1. The van der Waals surface area contributed by atoms with E-state index in [1.165, 1.54) is 5.41 Å². The second-order valence-electron chi connectivity index (χ2n) is 10.8. The van der Waals surface area contributed by atoms with Gasteiger partial charge in [0.05, 0.1) is 5.41 Å². The number of rotatable bonds is 11. The summed E-state index contributed by atoms with van der Waals surface area (Å²) in [5.74, 6) is 0.448. The maximum Gasteiger partial charge on any atom is 0.303 e. The summed E-state index contributed by atoms with van der Waals surface area (Å²) in [6, 6.07) is 19.2. The first-order valence-corrected chi connectivity index (χ1v) is 14.4. The van der Waals surface area contributed by atoms with Crippen LogP contribution in [0.5, 0.6) is 0 Å². The number of carboxylic acids is 1. The Labute approximate surface area is 215 Å². The largest absolute Gasteiger partial charge is 0.481 e. The van der Waals surface area contributed by atoms with E-state index in [1.54, 1.807) is 0 Å². The highest BCUT2D eigenvalue weighted by molar-refractivity contribution is 7.92. The summed E-state index contributed by atoms with van der Waals surface area (Å²) in [6.45, 7) is 4.62. The zero-order chi connectivity index (χ0) is 25.8. The zero-order valence-electron chi connectivity index (χ0n) is 21.1. The van der Waals surface area contributed by atoms with E-state index in [0.717, 1.165) is 36.8 Å². The first-order valence-electron chi connectivity index (χ1n) is 12.9. The summed E-state index contributed by atoms with van der Waals surface area (Å²) in [6.07, 6.45) is 8.49. The molecule has 0 radical (unpaired) electrons. The molecule has 2 aromatic carbocycles. The maximum absolute atomic E-state index is 13.5. The van der Waals surface area contributed by atoms with Gasteiger partial charge in [0.2, 0.25) is 10.0 Å². The first-order chi connectivity index (χ1) is 17.2. The topological polar surface area (TPSA) is 83.5 Å². The molecular weight excluding hydrogens is 470 g/mol. The van der Waals surface area contributed by atoms with Gasteiger partial charge in [0.25, 0.3) is 0 Å². The van der Waals surface area contributed by atoms with E-state index in [9.17, 15) is 13.2 Å². The molecule has 192 valence electrons. The summed E-state index contributed by atoms with van der Waals surface area (Å²) in [4.78, 5) is 10.7. The lowest BCUT2D eigenvalue weighted by atomic mass is 9.44. The molecule has 0 aromatic heterocycles. The SMILES string of the molecule is CC1(C)C2CC(NS(=O)(=O)C=C(c3ccccc3)c3ccccc3)C(C/C=C\CCCC(=O)O)C1C2. The van der Waals surface area contributed by atoms with Gasteiger partial charge in [0.15, 0.2) is 0 Å². The predicted molar refractivity (Wildman–Crippen MR) is 145 cm³/mol. The van der Waals surface area contributed by atoms with Gasteiger partial charge in [-0.3, -0.25) is 4.79 Å². The molecule has 2 aromatic rings. The molecule has 5 rings (SSSR count). The molecule has 4 unspecified atom stereocenters. The molecule has 3 aliphatic rings. The van der Waals surface area contributed by atoms with Crippen LogP contribution < -0.4 is 4.72 Å². The smallest absolute Gasteiger partial charge is 0.303 e. The van der Waals surface area contributed by atoms with E-state index >= 15 is 0 Å². The van der Waals surface area contributed by atoms with Crippen LogP contribution in [0.25, 0.3) is 5.57 Å². The van der Waals surface area contributed by atoms with E-state index in [2.05, 4.69) is 30.7 Å². The van der Waals surface area contributed by atoms with Crippen LogP contribution >= 0.6 is 0 Å². The van der Waals surface area contributed by atoms with Gasteiger partial charge in [0.1, 0.15) is 0 Å². The summed E-state index contributed by atoms with van der Waals surface area (Å²) in [7, 11) is -3.70. The fourth-order valence-electron chi connectivity index (χ4n) is 6.09. The van der Waals surface area contributed by atoms with Crippen molar-refractivity contribution < 1.29 is 18.3 Å². The number of benzene rings is 2. The molecule has 3 fully saturated rings. The monoisotopic (exact) mass is 507 g/mol. The molecule has 0 saturated heterocycles. The number of aliphatic carboxylic acids is 1. The molecule has 0 heterocycles. The molecule has 0 amide bonds. The van der Waals surface area contributed by atoms with Crippen molar-refractivity contribution in [3.05, 3.63) is 89.4 Å². The average Bonchev–Trinajstić information content (AvgIpc) is 2.85. The van der Waals surface area contributed by atoms with Gasteiger partial charge >= 0.3 is 5.97 Å². The van der Waals surface area contributed by atoms with E-state index < -0.39 is 16.0 Å². The van der Waals surface area contributed by atoms with Gasteiger partial charge in [-0.05, 0) is 66.4 Å². The number of nitrogens with one attached hydrogen (secondary N) is 1. The van der Waals surface area contributed by atoms with Crippen molar-refractivity contribution in [1.29, 1.82) is 0 Å². The van der Waals surface area contributed by atoms with Gasteiger partial charge in [-0.1, -0.05) is 86.7 Å². The molecular formula is C30H37NO4S. The van der Waals surface area contributed by atoms with E-state index in [0.29, 0.717) is 23.8 Å². The summed E-state index contributed by atoms with van der Waals surface area (Å²) >= 11 is 0. The quantitative estimate of drug-likeness (QED) is 0.278. The number of hydrogen-bond acceptors (Lipinski definition) is 3. The third-order valence-electron chi connectivity index (χ3n) is 8.21. The lowest BCUT2D eigenvalue weighted by Gasteiger charge is -2.62. The van der Waals surface area contributed by atoms with Crippen molar-refractivity contribution in [3.63, 3.8) is 0 Å². The average molecular weight is 508 g/mol. The third kappa shape index (κ3) is 6.16. The minimum absolute atomic E-state index is 0.112. The normalized spacial score (nSPS) is 24.7. The highest BCUT2D eigenvalue weighted by atomic mass is 32.2. The third-order valence-corrected chi connectivity index (χ3v) is 9.39. The molecule has 3 saturated carbocycles. The molecule has 6 heteroatoms. The summed E-state index contributed by atoms with van der Waals surface area (Å²) in [5, 5.41) is 10.2. The van der Waals surface area contributed by atoms with Gasteiger partial charge in [0, 0.05) is 18.0 Å². The molecule has 0 spiro atoms. The Bertz CT molecular complexity index is 1160. The minimum atomic E-state index is -3.70. The van der Waals surface area contributed by atoms with Crippen LogP contribution in [-0.4, -0.2) is 25.5 Å². The Hall–Kier alpha value is -2.70. The Morgan fingerprint density at radius 1 is 1.00 bits per heavy atom. The molecule has 5 nitrogen and oxygen atoms in total. The van der Waals surface area contributed by atoms with Gasteiger partial charge < -0.3 is 5.11 Å². The lowest BCUT2D eigenvalue weighted by molar-refractivity contribution is -0.137. The zero-order valence-corrected chi connectivity index (χ0v) is 22.0. The van der Waals surface area contributed by atoms with Gasteiger partial charge in [-0.2, -0.15) is 0 Å². The second kappa shape index (κ2) is 11.1. The van der Waals surface area contributed by atoms with Crippen LogP contribution in [0.1, 0.15) is 63.5 Å². The Morgan fingerprint density at radius 2 is 1.61 bits per heavy atom. The lowest BCUT2D eigenvalue weighted by Crippen LogP contribution is -2.61. The predicted octanol–water partition coefficient (Wildman–Crippen LogP) is 6.25. The number of carbonyl (C=O) groups is 1. The van der Waals surface area contributed by atoms with Crippen LogP contribution in [0.4, 0.5) is 0 Å². The highest BCUT2D eigenvalue weighted by Crippen LogP contribution is 2.62. The molecule has 2 N–H and O–H groups in total. The number of carboxylic acid groups (broad SMARTS) is 1. The number of fused-ring (bicyclic) bond motifs is 2. The van der Waals surface area contributed by atoms with E-state index in [-0.39, 0.29) is 23.8 Å². The molecule has 3 aliphatic carbocycles. The van der Waals surface area contributed by atoms with Crippen molar-refractivity contribution in [3.8, 4) is 0 Å². The van der Waals surface area contributed by atoms with Crippen LogP contribution in [0.15, 0.2) is 78.2 Å². The van der Waals surface area contributed by atoms with Crippen molar-refractivity contribution in [2.45, 2.75) is 58.4 Å². The van der Waals surface area contributed by atoms with Crippen molar-refractivity contribution in [2.75, 3.05) is 0 Å². The van der Waals surface area contributed by atoms with Crippen molar-refractivity contribution >= 4 is 21.6 Å². The molecule has 4 atom stereocenters. The van der Waals surface area contributed by atoms with Crippen LogP contribution in [0.3, 0.4) is 0 Å². The maximum atomic E-state index is 13.5. The number of hydrogen-bond donors (Lipinski definition) is 2. The standard InChI is InChI=1S/C30H37NO4S/c1-30(2)24-19-27(30)25(17-11-3-4-12-18-29(32)33)28(20-24)31-36(34,35)21-26(22-13-7-5-8-14-22)23-15-9-6-10-16-23/h3,5-11,13-16,21,24-25,27-28,31H,4,12,17-20H2,1-2H3,(H,32,33)/b11-3-. The van der Waals surface area contributed by atoms with Crippen LogP contribution in [-0.2, 0) is 14.8 Å². The number of unbranched alkanes of at least 4 members (excludes halogenated alkanes) is 1. The Balaban J connectivity index is 1.54. The van der Waals surface area contributed by atoms with Crippen LogP contribution in [0.2, 0.25) is 0 Å². The van der Waals surface area contributed by atoms with Crippen molar-refractivity contribution in [1.82, 2.24) is 4.72 Å². The Morgan fingerprint density at radius 3 is 2.17 bits per heavy atom. The van der Waals surface area contributed by atoms with Gasteiger partial charge in [-0.15, -0.1) is 0 Å². The Kier molecular flexibility index (Phi) is 8.16. The van der Waals surface area contributed by atoms with E-state index in [1.807, 2.05) is 60.7 Å². The summed E-state index contributed by atoms with van der Waals surface area (Å²) in [5.41, 5.74) is 2.63. The van der Waals surface area contributed by atoms with E-state index in [4.69, 9.17) is 5.11 Å².